The summed E-state index contributed by atoms with van der Waals surface area (Å²) in [5, 5.41) is 6.16. The number of nitrogens with zero attached hydrogens (tertiary/aromatic N) is 1. The number of hydrogen-bond acceptors (Lipinski definition) is 4. The molecule has 0 aromatic heterocycles. The summed E-state index contributed by atoms with van der Waals surface area (Å²) in [6, 6.07) is 5.18. The van der Waals surface area contributed by atoms with Crippen LogP contribution >= 0.6 is 24.0 Å². The monoisotopic (exact) mass is 545 g/mol. The van der Waals surface area contributed by atoms with E-state index in [-0.39, 0.29) is 36.3 Å². The van der Waals surface area contributed by atoms with E-state index in [4.69, 9.17) is 14.2 Å². The van der Waals surface area contributed by atoms with Crippen LogP contribution in [0.2, 0.25) is 0 Å². The molecular weight excluding hydrogens is 514 g/mol. The van der Waals surface area contributed by atoms with Crippen molar-refractivity contribution < 1.29 is 27.4 Å². The molecule has 0 bridgehead atoms. The molecule has 0 amide bonds. The highest BCUT2D eigenvalue weighted by atomic mass is 127. The number of ether oxygens (including phenoxy) is 3. The molecule has 0 spiro atoms. The minimum absolute atomic E-state index is 0. The first kappa shape index (κ1) is 26.8. The van der Waals surface area contributed by atoms with Crippen molar-refractivity contribution in [2.75, 3.05) is 53.2 Å². The molecule has 1 saturated heterocycles. The van der Waals surface area contributed by atoms with Crippen LogP contribution < -0.4 is 15.4 Å². The smallest absolute Gasteiger partial charge is 0.419 e. The maximum absolute atomic E-state index is 12.9. The Morgan fingerprint density at radius 3 is 2.53 bits per heavy atom. The lowest BCUT2D eigenvalue weighted by molar-refractivity contribution is -0.138. The van der Waals surface area contributed by atoms with E-state index in [2.05, 4.69) is 15.6 Å². The number of alkyl halides is 3. The van der Waals surface area contributed by atoms with E-state index in [0.29, 0.717) is 31.6 Å². The summed E-state index contributed by atoms with van der Waals surface area (Å²) in [6.45, 7) is 4.18. The van der Waals surface area contributed by atoms with Gasteiger partial charge < -0.3 is 24.8 Å². The number of para-hydroxylation sites is 1. The van der Waals surface area contributed by atoms with Gasteiger partial charge in [-0.15, -0.1) is 24.0 Å². The van der Waals surface area contributed by atoms with Gasteiger partial charge in [-0.3, -0.25) is 4.99 Å². The fraction of sp³-hybridized carbons (Fsp3) is 0.650. The van der Waals surface area contributed by atoms with Crippen molar-refractivity contribution >= 4 is 29.9 Å². The molecule has 1 aromatic rings. The van der Waals surface area contributed by atoms with Gasteiger partial charge in [-0.1, -0.05) is 12.1 Å². The molecule has 172 valence electrons. The first-order valence-electron chi connectivity index (χ1n) is 9.89. The first-order valence-corrected chi connectivity index (χ1v) is 9.89. The summed E-state index contributed by atoms with van der Waals surface area (Å²) < 4.78 is 55.1. The van der Waals surface area contributed by atoms with Crippen LogP contribution in [-0.2, 0) is 15.7 Å². The molecule has 2 N–H and O–H groups in total. The first-order chi connectivity index (χ1) is 14.0. The molecular formula is C20H31F3IN3O3. The van der Waals surface area contributed by atoms with Crippen molar-refractivity contribution in [1.29, 1.82) is 0 Å². The Balaban J connectivity index is 0.00000450. The van der Waals surface area contributed by atoms with Crippen molar-refractivity contribution in [3.8, 4) is 5.75 Å². The number of aliphatic imine (C=N–C) groups is 1. The molecule has 2 rings (SSSR count). The number of rotatable bonds is 10. The molecule has 1 aliphatic heterocycles. The van der Waals surface area contributed by atoms with Crippen LogP contribution in [0.15, 0.2) is 29.3 Å². The molecule has 1 aliphatic rings. The minimum atomic E-state index is -4.44. The van der Waals surface area contributed by atoms with E-state index in [9.17, 15) is 13.2 Å². The van der Waals surface area contributed by atoms with Crippen LogP contribution in [0.25, 0.3) is 0 Å². The predicted octanol–water partition coefficient (Wildman–Crippen LogP) is 3.70. The Bertz CT molecular complexity index is 627. The zero-order valence-electron chi connectivity index (χ0n) is 17.2. The average Bonchev–Trinajstić information content (AvgIpc) is 2.72. The quantitative estimate of drug-likeness (QED) is 0.203. The van der Waals surface area contributed by atoms with Crippen molar-refractivity contribution in [3.63, 3.8) is 0 Å². The fourth-order valence-electron chi connectivity index (χ4n) is 2.92. The lowest BCUT2D eigenvalue weighted by Crippen LogP contribution is -2.40. The van der Waals surface area contributed by atoms with Crippen LogP contribution in [0.5, 0.6) is 5.75 Å². The molecule has 30 heavy (non-hydrogen) atoms. The van der Waals surface area contributed by atoms with Gasteiger partial charge >= 0.3 is 6.18 Å². The van der Waals surface area contributed by atoms with E-state index in [1.807, 2.05) is 0 Å². The van der Waals surface area contributed by atoms with Crippen LogP contribution in [0.4, 0.5) is 13.2 Å². The summed E-state index contributed by atoms with van der Waals surface area (Å²) in [5.41, 5.74) is -0.775. The molecule has 0 unspecified atom stereocenters. The molecule has 10 heteroatoms. The zero-order chi connectivity index (χ0) is 21.0. The Labute approximate surface area is 193 Å². The highest BCUT2D eigenvalue weighted by Crippen LogP contribution is 2.35. The summed E-state index contributed by atoms with van der Waals surface area (Å²) in [5.74, 6) is 0.988. The van der Waals surface area contributed by atoms with E-state index in [1.54, 1.807) is 7.05 Å². The number of guanidine groups is 1. The van der Waals surface area contributed by atoms with Crippen LogP contribution in [0, 0.1) is 5.92 Å². The Morgan fingerprint density at radius 1 is 1.13 bits per heavy atom. The summed E-state index contributed by atoms with van der Waals surface area (Å²) in [7, 11) is 1.64. The molecule has 1 heterocycles. The van der Waals surface area contributed by atoms with Gasteiger partial charge in [0.05, 0.1) is 12.1 Å². The average molecular weight is 545 g/mol. The standard InChI is InChI=1S/C20H30F3N3O3.HI/c1-24-19(25-9-4-11-28-15-16-7-12-27-13-8-16)26-10-14-29-18-6-3-2-5-17(18)20(21,22)23;/h2-3,5-6,16H,4,7-15H2,1H3,(H2,24,25,26);1H. The SMILES string of the molecule is CN=C(NCCCOCC1CCOCC1)NCCOc1ccccc1C(F)(F)F.I. The Kier molecular flexibility index (Phi) is 13.1. The minimum Gasteiger partial charge on any atom is -0.491 e. The van der Waals surface area contributed by atoms with Crippen LogP contribution in [0.3, 0.4) is 0 Å². The second kappa shape index (κ2) is 14.7. The summed E-state index contributed by atoms with van der Waals surface area (Å²) >= 11 is 0. The van der Waals surface area contributed by atoms with Gasteiger partial charge in [0.2, 0.25) is 0 Å². The van der Waals surface area contributed by atoms with Crippen molar-refractivity contribution in [1.82, 2.24) is 10.6 Å². The number of hydrogen-bond donors (Lipinski definition) is 2. The number of halogens is 4. The Morgan fingerprint density at radius 2 is 1.83 bits per heavy atom. The van der Waals surface area contributed by atoms with Crippen LogP contribution in [-0.4, -0.2) is 59.1 Å². The van der Waals surface area contributed by atoms with E-state index in [1.165, 1.54) is 18.2 Å². The third-order valence-corrected chi connectivity index (χ3v) is 4.52. The fourth-order valence-corrected chi connectivity index (χ4v) is 2.92. The highest BCUT2D eigenvalue weighted by molar-refractivity contribution is 14.0. The Hall–Kier alpha value is -1.27. The van der Waals surface area contributed by atoms with Gasteiger partial charge in [0, 0.05) is 40.0 Å². The second-order valence-corrected chi connectivity index (χ2v) is 6.75. The molecule has 1 fully saturated rings. The van der Waals surface area contributed by atoms with Gasteiger partial charge in [-0.2, -0.15) is 13.2 Å². The molecule has 0 aliphatic carbocycles. The third kappa shape index (κ3) is 10.2. The van der Waals surface area contributed by atoms with Gasteiger partial charge in [0.1, 0.15) is 12.4 Å². The van der Waals surface area contributed by atoms with E-state index >= 15 is 0 Å². The van der Waals surface area contributed by atoms with Gasteiger partial charge in [-0.05, 0) is 37.3 Å². The molecule has 6 nitrogen and oxygen atoms in total. The van der Waals surface area contributed by atoms with Gasteiger partial charge in [-0.25, -0.2) is 0 Å². The zero-order valence-corrected chi connectivity index (χ0v) is 19.5. The second-order valence-electron chi connectivity index (χ2n) is 6.75. The molecule has 0 atom stereocenters. The predicted molar refractivity (Wildman–Crippen MR) is 121 cm³/mol. The van der Waals surface area contributed by atoms with Gasteiger partial charge in [0.15, 0.2) is 5.96 Å². The van der Waals surface area contributed by atoms with Crippen molar-refractivity contribution in [3.05, 3.63) is 29.8 Å². The van der Waals surface area contributed by atoms with E-state index < -0.39 is 11.7 Å². The topological polar surface area (TPSA) is 64.1 Å². The van der Waals surface area contributed by atoms with E-state index in [0.717, 1.165) is 45.1 Å². The third-order valence-electron chi connectivity index (χ3n) is 4.52. The maximum atomic E-state index is 12.9. The largest absolute Gasteiger partial charge is 0.491 e. The summed E-state index contributed by atoms with van der Waals surface area (Å²) in [4.78, 5) is 4.08. The summed E-state index contributed by atoms with van der Waals surface area (Å²) in [6.07, 6.45) is -1.48. The number of benzene rings is 1. The van der Waals surface area contributed by atoms with Crippen molar-refractivity contribution in [2.24, 2.45) is 10.9 Å². The molecule has 0 radical (unpaired) electrons. The lowest BCUT2D eigenvalue weighted by Gasteiger charge is -2.21. The number of nitrogens with one attached hydrogen (secondary N) is 2. The van der Waals surface area contributed by atoms with Crippen molar-refractivity contribution in [2.45, 2.75) is 25.4 Å². The molecule has 0 saturated carbocycles. The van der Waals surface area contributed by atoms with Crippen LogP contribution in [0.1, 0.15) is 24.8 Å². The normalized spacial score (nSPS) is 15.4. The lowest BCUT2D eigenvalue weighted by atomic mass is 10.0. The highest BCUT2D eigenvalue weighted by Gasteiger charge is 2.33. The molecule has 1 aromatic carbocycles. The maximum Gasteiger partial charge on any atom is 0.419 e. The van der Waals surface area contributed by atoms with Gasteiger partial charge in [0.25, 0.3) is 0 Å².